The molecule has 1 rings (SSSR count). The summed E-state index contributed by atoms with van der Waals surface area (Å²) in [6.07, 6.45) is 0.788. The third-order valence-corrected chi connectivity index (χ3v) is 3.58. The van der Waals surface area contributed by atoms with Gasteiger partial charge in [-0.2, -0.15) is 0 Å². The van der Waals surface area contributed by atoms with Crippen molar-refractivity contribution in [3.8, 4) is 5.75 Å². The number of carboxylic acid groups (broad SMARTS) is 1. The van der Waals surface area contributed by atoms with Gasteiger partial charge >= 0.3 is 5.97 Å². The van der Waals surface area contributed by atoms with Gasteiger partial charge in [0.1, 0.15) is 11.8 Å². The molecule has 0 bridgehead atoms. The Labute approximate surface area is 125 Å². The highest BCUT2D eigenvalue weighted by atomic mass is 16.5. The fourth-order valence-electron chi connectivity index (χ4n) is 2.13. The van der Waals surface area contributed by atoms with E-state index in [0.717, 1.165) is 11.1 Å². The summed E-state index contributed by atoms with van der Waals surface area (Å²) in [4.78, 5) is 23.3. The van der Waals surface area contributed by atoms with Gasteiger partial charge in [0.05, 0.1) is 13.5 Å². The van der Waals surface area contributed by atoms with Crippen LogP contribution in [0, 0.1) is 12.8 Å². The number of benzene rings is 1. The summed E-state index contributed by atoms with van der Waals surface area (Å²) in [7, 11) is 1.55. The minimum Gasteiger partial charge on any atom is -0.496 e. The molecule has 0 aromatic heterocycles. The molecule has 0 spiro atoms. The number of amides is 1. The first-order valence-electron chi connectivity index (χ1n) is 7.04. The van der Waals surface area contributed by atoms with E-state index < -0.39 is 12.0 Å². The van der Waals surface area contributed by atoms with Crippen molar-refractivity contribution >= 4 is 11.9 Å². The highest BCUT2D eigenvalue weighted by Crippen LogP contribution is 2.20. The molecular formula is C16H23NO4. The summed E-state index contributed by atoms with van der Waals surface area (Å²) >= 11 is 0. The quantitative estimate of drug-likeness (QED) is 0.808. The number of aliphatic carboxylic acids is 1. The maximum atomic E-state index is 12.1. The van der Waals surface area contributed by atoms with Crippen molar-refractivity contribution in [1.29, 1.82) is 0 Å². The second kappa shape index (κ2) is 7.67. The zero-order chi connectivity index (χ0) is 16.0. The van der Waals surface area contributed by atoms with Gasteiger partial charge in [-0.3, -0.25) is 4.79 Å². The number of carboxylic acids is 1. The lowest BCUT2D eigenvalue weighted by atomic mass is 9.98. The van der Waals surface area contributed by atoms with Crippen LogP contribution in [0.5, 0.6) is 5.75 Å². The number of hydrogen-bond donors (Lipinski definition) is 2. The first-order valence-corrected chi connectivity index (χ1v) is 7.04. The van der Waals surface area contributed by atoms with E-state index in [9.17, 15) is 14.7 Å². The number of hydrogen-bond acceptors (Lipinski definition) is 3. The lowest BCUT2D eigenvalue weighted by Gasteiger charge is -2.20. The smallest absolute Gasteiger partial charge is 0.326 e. The van der Waals surface area contributed by atoms with Crippen molar-refractivity contribution < 1.29 is 19.4 Å². The fraction of sp³-hybridized carbons (Fsp3) is 0.500. The number of aryl methyl sites for hydroxylation is 1. The lowest BCUT2D eigenvalue weighted by Crippen LogP contribution is -2.45. The molecule has 5 heteroatoms. The minimum atomic E-state index is -1.01. The van der Waals surface area contributed by atoms with Gasteiger partial charge in [0.15, 0.2) is 0 Å². The molecule has 1 unspecified atom stereocenters. The maximum absolute atomic E-state index is 12.1. The van der Waals surface area contributed by atoms with Gasteiger partial charge in [-0.15, -0.1) is 0 Å². The molecule has 116 valence electrons. The van der Waals surface area contributed by atoms with Crippen LogP contribution in [0.25, 0.3) is 0 Å². The van der Waals surface area contributed by atoms with Crippen LogP contribution in [0.1, 0.15) is 31.4 Å². The molecular weight excluding hydrogens is 270 g/mol. The van der Waals surface area contributed by atoms with E-state index in [4.69, 9.17) is 4.74 Å². The third kappa shape index (κ3) is 4.77. The van der Waals surface area contributed by atoms with Gasteiger partial charge in [0.2, 0.25) is 5.91 Å². The van der Waals surface area contributed by atoms with E-state index in [1.54, 1.807) is 13.2 Å². The second-order valence-electron chi connectivity index (χ2n) is 5.26. The van der Waals surface area contributed by atoms with Crippen LogP contribution in [-0.4, -0.2) is 30.1 Å². The van der Waals surface area contributed by atoms with Gasteiger partial charge < -0.3 is 15.2 Å². The number of ether oxygens (including phenoxy) is 1. The molecule has 0 aliphatic heterocycles. The molecule has 2 N–H and O–H groups in total. The van der Waals surface area contributed by atoms with Crippen molar-refractivity contribution in [2.75, 3.05) is 7.11 Å². The van der Waals surface area contributed by atoms with Crippen LogP contribution >= 0.6 is 0 Å². The number of rotatable bonds is 7. The lowest BCUT2D eigenvalue weighted by molar-refractivity contribution is -0.143. The molecule has 1 aromatic rings. The molecule has 0 radical (unpaired) electrons. The molecule has 2 atom stereocenters. The first-order chi connectivity index (χ1) is 9.88. The highest BCUT2D eigenvalue weighted by Gasteiger charge is 2.25. The first kappa shape index (κ1) is 17.0. The maximum Gasteiger partial charge on any atom is 0.326 e. The molecule has 0 fully saturated rings. The van der Waals surface area contributed by atoms with E-state index in [-0.39, 0.29) is 18.2 Å². The monoisotopic (exact) mass is 293 g/mol. The van der Waals surface area contributed by atoms with Crippen molar-refractivity contribution in [2.24, 2.45) is 5.92 Å². The van der Waals surface area contributed by atoms with Crippen LogP contribution in [-0.2, 0) is 16.0 Å². The Bertz CT molecular complexity index is 513. The van der Waals surface area contributed by atoms with Gasteiger partial charge in [0, 0.05) is 5.56 Å². The van der Waals surface area contributed by atoms with Gasteiger partial charge in [-0.25, -0.2) is 4.79 Å². The largest absolute Gasteiger partial charge is 0.496 e. The Hall–Kier alpha value is -2.04. The zero-order valence-corrected chi connectivity index (χ0v) is 13.0. The van der Waals surface area contributed by atoms with Gasteiger partial charge in [0.25, 0.3) is 0 Å². The van der Waals surface area contributed by atoms with Crippen LogP contribution in [0.2, 0.25) is 0 Å². The van der Waals surface area contributed by atoms with Gasteiger partial charge in [-0.1, -0.05) is 38.0 Å². The van der Waals surface area contributed by atoms with E-state index in [2.05, 4.69) is 5.32 Å². The number of methoxy groups -OCH3 is 1. The molecule has 21 heavy (non-hydrogen) atoms. The van der Waals surface area contributed by atoms with E-state index in [1.165, 1.54) is 0 Å². The van der Waals surface area contributed by atoms with Crippen LogP contribution in [0.15, 0.2) is 18.2 Å². The Kier molecular flexibility index (Phi) is 6.21. The average Bonchev–Trinajstić information content (AvgIpc) is 2.44. The molecule has 0 saturated carbocycles. The number of carbonyl (C=O) groups excluding carboxylic acids is 1. The minimum absolute atomic E-state index is 0.102. The van der Waals surface area contributed by atoms with Crippen LogP contribution in [0.3, 0.4) is 0 Å². The SMILES string of the molecule is CCC(C)[C@H](NC(=O)Cc1cc(C)ccc1OC)C(=O)O. The summed E-state index contributed by atoms with van der Waals surface area (Å²) in [6, 6.07) is 4.72. The van der Waals surface area contributed by atoms with Crippen molar-refractivity contribution in [3.63, 3.8) is 0 Å². The van der Waals surface area contributed by atoms with E-state index in [0.29, 0.717) is 12.2 Å². The Morgan fingerprint density at radius 1 is 1.38 bits per heavy atom. The summed E-state index contributed by atoms with van der Waals surface area (Å²) in [5, 5.41) is 11.8. The van der Waals surface area contributed by atoms with E-state index in [1.807, 2.05) is 32.9 Å². The molecule has 0 saturated heterocycles. The third-order valence-electron chi connectivity index (χ3n) is 3.58. The molecule has 1 amide bonds. The molecule has 0 aliphatic rings. The Morgan fingerprint density at radius 3 is 2.57 bits per heavy atom. The van der Waals surface area contributed by atoms with E-state index >= 15 is 0 Å². The van der Waals surface area contributed by atoms with Crippen molar-refractivity contribution in [2.45, 2.75) is 39.7 Å². The fourth-order valence-corrected chi connectivity index (χ4v) is 2.13. The predicted molar refractivity (Wildman–Crippen MR) is 80.5 cm³/mol. The zero-order valence-electron chi connectivity index (χ0n) is 13.0. The van der Waals surface area contributed by atoms with Crippen molar-refractivity contribution in [3.05, 3.63) is 29.3 Å². The number of nitrogens with one attached hydrogen (secondary N) is 1. The number of carbonyl (C=O) groups is 2. The topological polar surface area (TPSA) is 75.6 Å². The normalized spacial score (nSPS) is 13.3. The predicted octanol–water partition coefficient (Wildman–Crippen LogP) is 2.16. The van der Waals surface area contributed by atoms with Crippen LogP contribution < -0.4 is 10.1 Å². The van der Waals surface area contributed by atoms with Gasteiger partial charge in [-0.05, 0) is 18.9 Å². The summed E-state index contributed by atoms with van der Waals surface area (Å²) in [6.45, 7) is 5.64. The molecule has 0 heterocycles. The second-order valence-corrected chi connectivity index (χ2v) is 5.26. The molecule has 1 aromatic carbocycles. The Morgan fingerprint density at radius 2 is 2.05 bits per heavy atom. The highest BCUT2D eigenvalue weighted by molar-refractivity contribution is 5.85. The van der Waals surface area contributed by atoms with Crippen molar-refractivity contribution in [1.82, 2.24) is 5.32 Å². The summed E-state index contributed by atoms with van der Waals surface area (Å²) < 4.78 is 5.23. The summed E-state index contributed by atoms with van der Waals surface area (Å²) in [5.41, 5.74) is 1.78. The van der Waals surface area contributed by atoms with Crippen LogP contribution in [0.4, 0.5) is 0 Å². The summed E-state index contributed by atoms with van der Waals surface area (Å²) in [5.74, 6) is -0.808. The molecule has 5 nitrogen and oxygen atoms in total. The molecule has 0 aliphatic carbocycles. The standard InChI is InChI=1S/C16H23NO4/c1-5-11(3)15(16(19)20)17-14(18)9-12-8-10(2)6-7-13(12)21-4/h6-8,11,15H,5,9H2,1-4H3,(H,17,18)(H,19,20)/t11?,15-/m0/s1. The Balaban J connectivity index is 2.81. The average molecular weight is 293 g/mol.